The van der Waals surface area contributed by atoms with Crippen LogP contribution in [-0.4, -0.2) is 21.2 Å². The molecule has 0 spiro atoms. The second-order valence-corrected chi connectivity index (χ2v) is 6.50. The van der Waals surface area contributed by atoms with E-state index in [1.165, 1.54) is 6.26 Å². The lowest BCUT2D eigenvalue weighted by atomic mass is 10.0. The lowest BCUT2D eigenvalue weighted by Crippen LogP contribution is -2.22. The van der Waals surface area contributed by atoms with Crippen LogP contribution in [-0.2, 0) is 9.84 Å². The van der Waals surface area contributed by atoms with E-state index in [4.69, 9.17) is 0 Å². The van der Waals surface area contributed by atoms with E-state index >= 15 is 0 Å². The lowest BCUT2D eigenvalue weighted by molar-refractivity contribution is 0.541. The molecule has 0 aliphatic rings. The van der Waals surface area contributed by atoms with Gasteiger partial charge in [-0.25, -0.2) is 8.42 Å². The lowest BCUT2D eigenvalue weighted by Gasteiger charge is -2.17. The van der Waals surface area contributed by atoms with E-state index in [-0.39, 0.29) is 6.04 Å². The van der Waals surface area contributed by atoms with Crippen molar-refractivity contribution >= 4 is 9.84 Å². The molecule has 0 aromatic heterocycles. The van der Waals surface area contributed by atoms with Gasteiger partial charge in [0.25, 0.3) is 0 Å². The molecule has 1 rings (SSSR count). The molecular formula is C15H21NO2S. The standard InChI is InChI=1S/C15H21NO2S/c1-4-6-10-15(16-11-5-2)13-8-7-9-14(12-13)19(3,17)18/h7-9,12,15-16H,5,10-11H2,1-3H3. The summed E-state index contributed by atoms with van der Waals surface area (Å²) in [5.41, 5.74) is 0.971. The Morgan fingerprint density at radius 2 is 2.11 bits per heavy atom. The van der Waals surface area contributed by atoms with Gasteiger partial charge in [-0.05, 0) is 37.6 Å². The SMILES string of the molecule is CC#CCC(NCCC)c1cccc(S(C)(=O)=O)c1. The molecule has 0 aliphatic heterocycles. The quantitative estimate of drug-likeness (QED) is 0.814. The van der Waals surface area contributed by atoms with Crippen molar-refractivity contribution in [3.63, 3.8) is 0 Å². The largest absolute Gasteiger partial charge is 0.309 e. The third-order valence-corrected chi connectivity index (χ3v) is 3.92. The van der Waals surface area contributed by atoms with Crippen LogP contribution in [0.4, 0.5) is 0 Å². The number of hydrogen-bond donors (Lipinski definition) is 1. The normalized spacial score (nSPS) is 12.6. The summed E-state index contributed by atoms with van der Waals surface area (Å²) in [6.07, 6.45) is 2.94. The van der Waals surface area contributed by atoms with Gasteiger partial charge in [-0.15, -0.1) is 11.8 Å². The minimum Gasteiger partial charge on any atom is -0.309 e. The Balaban J connectivity index is 3.03. The van der Waals surface area contributed by atoms with Gasteiger partial charge < -0.3 is 5.32 Å². The summed E-state index contributed by atoms with van der Waals surface area (Å²) in [5, 5.41) is 3.40. The summed E-state index contributed by atoms with van der Waals surface area (Å²) in [5.74, 6) is 5.93. The predicted octanol–water partition coefficient (Wildman–Crippen LogP) is 2.54. The maximum atomic E-state index is 11.6. The number of hydrogen-bond acceptors (Lipinski definition) is 3. The first-order valence-electron chi connectivity index (χ1n) is 6.42. The average Bonchev–Trinajstić information content (AvgIpc) is 2.38. The zero-order valence-corrected chi connectivity index (χ0v) is 12.5. The number of sulfone groups is 1. The zero-order chi connectivity index (χ0) is 14.3. The van der Waals surface area contributed by atoms with Crippen LogP contribution >= 0.6 is 0 Å². The molecule has 1 unspecified atom stereocenters. The van der Waals surface area contributed by atoms with Gasteiger partial charge in [-0.3, -0.25) is 0 Å². The first-order valence-corrected chi connectivity index (χ1v) is 8.31. The summed E-state index contributed by atoms with van der Waals surface area (Å²) >= 11 is 0. The van der Waals surface area contributed by atoms with Crippen molar-refractivity contribution < 1.29 is 8.42 Å². The van der Waals surface area contributed by atoms with Crippen molar-refractivity contribution in [2.45, 2.75) is 37.6 Å². The fourth-order valence-electron chi connectivity index (χ4n) is 1.79. The monoisotopic (exact) mass is 279 g/mol. The molecule has 1 aromatic carbocycles. The summed E-state index contributed by atoms with van der Waals surface area (Å²) in [7, 11) is -3.16. The van der Waals surface area contributed by atoms with Crippen LogP contribution < -0.4 is 5.32 Å². The Morgan fingerprint density at radius 1 is 1.37 bits per heavy atom. The Bertz CT molecular complexity index is 567. The van der Waals surface area contributed by atoms with Crippen LogP contribution in [0.5, 0.6) is 0 Å². The number of benzene rings is 1. The van der Waals surface area contributed by atoms with Gasteiger partial charge in [0.05, 0.1) is 4.90 Å². The van der Waals surface area contributed by atoms with E-state index in [0.717, 1.165) is 18.5 Å². The summed E-state index contributed by atoms with van der Waals surface area (Å²) in [6, 6.07) is 7.17. The maximum absolute atomic E-state index is 11.6. The molecule has 0 saturated heterocycles. The molecule has 0 saturated carbocycles. The van der Waals surface area contributed by atoms with Gasteiger partial charge in [0.15, 0.2) is 9.84 Å². The minimum absolute atomic E-state index is 0.0779. The van der Waals surface area contributed by atoms with Crippen molar-refractivity contribution in [3.05, 3.63) is 29.8 Å². The molecule has 0 fully saturated rings. The van der Waals surface area contributed by atoms with Gasteiger partial charge in [0, 0.05) is 18.7 Å². The molecule has 0 radical (unpaired) electrons. The summed E-state index contributed by atoms with van der Waals surface area (Å²) in [4.78, 5) is 0.359. The molecule has 0 amide bonds. The van der Waals surface area contributed by atoms with Gasteiger partial charge in [-0.1, -0.05) is 19.1 Å². The smallest absolute Gasteiger partial charge is 0.175 e. The molecule has 1 atom stereocenters. The van der Waals surface area contributed by atoms with Crippen molar-refractivity contribution in [2.24, 2.45) is 0 Å². The molecular weight excluding hydrogens is 258 g/mol. The Kier molecular flexibility index (Phi) is 6.07. The van der Waals surface area contributed by atoms with Gasteiger partial charge in [0.1, 0.15) is 0 Å². The number of rotatable bonds is 6. The minimum atomic E-state index is -3.16. The van der Waals surface area contributed by atoms with E-state index in [2.05, 4.69) is 24.1 Å². The topological polar surface area (TPSA) is 46.2 Å². The van der Waals surface area contributed by atoms with E-state index in [9.17, 15) is 8.42 Å². The van der Waals surface area contributed by atoms with Gasteiger partial charge in [-0.2, -0.15) is 0 Å². The highest BCUT2D eigenvalue weighted by Gasteiger charge is 2.13. The van der Waals surface area contributed by atoms with E-state index in [0.29, 0.717) is 11.3 Å². The van der Waals surface area contributed by atoms with Crippen LogP contribution in [0.3, 0.4) is 0 Å². The molecule has 1 aromatic rings. The predicted molar refractivity (Wildman–Crippen MR) is 78.7 cm³/mol. The second-order valence-electron chi connectivity index (χ2n) is 4.48. The van der Waals surface area contributed by atoms with Crippen LogP contribution in [0.15, 0.2) is 29.2 Å². The van der Waals surface area contributed by atoms with Crippen molar-refractivity contribution in [2.75, 3.05) is 12.8 Å². The fourth-order valence-corrected chi connectivity index (χ4v) is 2.47. The molecule has 3 nitrogen and oxygen atoms in total. The zero-order valence-electron chi connectivity index (χ0n) is 11.7. The van der Waals surface area contributed by atoms with Crippen LogP contribution in [0.25, 0.3) is 0 Å². The molecule has 104 valence electrons. The van der Waals surface area contributed by atoms with Gasteiger partial charge >= 0.3 is 0 Å². The summed E-state index contributed by atoms with van der Waals surface area (Å²) in [6.45, 7) is 4.80. The molecule has 0 bridgehead atoms. The van der Waals surface area contributed by atoms with E-state index < -0.39 is 9.84 Å². The highest BCUT2D eigenvalue weighted by atomic mass is 32.2. The molecule has 0 heterocycles. The molecule has 0 aliphatic carbocycles. The summed E-state index contributed by atoms with van der Waals surface area (Å²) < 4.78 is 23.2. The first-order chi connectivity index (χ1) is 8.99. The molecule has 1 N–H and O–H groups in total. The highest BCUT2D eigenvalue weighted by molar-refractivity contribution is 7.90. The maximum Gasteiger partial charge on any atom is 0.175 e. The van der Waals surface area contributed by atoms with E-state index in [1.807, 2.05) is 13.0 Å². The van der Waals surface area contributed by atoms with Crippen LogP contribution in [0, 0.1) is 11.8 Å². The first kappa shape index (κ1) is 15.7. The van der Waals surface area contributed by atoms with Crippen molar-refractivity contribution in [1.82, 2.24) is 5.32 Å². The van der Waals surface area contributed by atoms with Crippen molar-refractivity contribution in [3.8, 4) is 11.8 Å². The van der Waals surface area contributed by atoms with Gasteiger partial charge in [0.2, 0.25) is 0 Å². The van der Waals surface area contributed by atoms with E-state index in [1.54, 1.807) is 18.2 Å². The highest BCUT2D eigenvalue weighted by Crippen LogP contribution is 2.20. The van der Waals surface area contributed by atoms with Crippen molar-refractivity contribution in [1.29, 1.82) is 0 Å². The Hall–Kier alpha value is -1.31. The third kappa shape index (κ3) is 5.06. The van der Waals surface area contributed by atoms with Crippen LogP contribution in [0.1, 0.15) is 38.3 Å². The Labute approximate surface area is 116 Å². The average molecular weight is 279 g/mol. The van der Waals surface area contributed by atoms with Crippen LogP contribution in [0.2, 0.25) is 0 Å². The fraction of sp³-hybridized carbons (Fsp3) is 0.467. The Morgan fingerprint density at radius 3 is 2.68 bits per heavy atom. The number of nitrogens with one attached hydrogen (secondary N) is 1. The molecule has 19 heavy (non-hydrogen) atoms. The third-order valence-electron chi connectivity index (χ3n) is 2.81. The molecule has 4 heteroatoms. The second kappa shape index (κ2) is 7.32.